The van der Waals surface area contributed by atoms with Gasteiger partial charge in [-0.05, 0) is 19.8 Å². The number of carbonyl (C=O) groups is 3. The highest BCUT2D eigenvalue weighted by Crippen LogP contribution is 2.15. The summed E-state index contributed by atoms with van der Waals surface area (Å²) in [5, 5.41) is 0. The summed E-state index contributed by atoms with van der Waals surface area (Å²) in [6, 6.07) is 0. The van der Waals surface area contributed by atoms with Crippen LogP contribution in [0, 0.1) is 11.8 Å². The molecule has 0 unspecified atom stereocenters. The summed E-state index contributed by atoms with van der Waals surface area (Å²) in [5.74, 6) is -3.85. The topological polar surface area (TPSA) is 69.7 Å². The summed E-state index contributed by atoms with van der Waals surface area (Å²) in [4.78, 5) is 34.3. The number of esters is 2. The van der Waals surface area contributed by atoms with E-state index in [1.807, 2.05) is 0 Å². The third-order valence-corrected chi connectivity index (χ3v) is 1.97. The first kappa shape index (κ1) is 14.6. The van der Waals surface area contributed by atoms with Gasteiger partial charge in [0.05, 0.1) is 13.2 Å². The van der Waals surface area contributed by atoms with Gasteiger partial charge in [0, 0.05) is 0 Å². The van der Waals surface area contributed by atoms with Crippen molar-refractivity contribution in [3.05, 3.63) is 0 Å². The highest BCUT2D eigenvalue weighted by Gasteiger charge is 2.36. The number of hydrogen-bond donors (Lipinski definition) is 0. The minimum absolute atomic E-state index is 0.109. The summed E-state index contributed by atoms with van der Waals surface area (Å²) in [6.45, 7) is 6.89. The second kappa shape index (κ2) is 6.98. The zero-order valence-corrected chi connectivity index (χ0v) is 10.1. The van der Waals surface area contributed by atoms with Crippen LogP contribution in [0.3, 0.4) is 0 Å². The molecule has 0 rings (SSSR count). The van der Waals surface area contributed by atoms with Gasteiger partial charge in [0.25, 0.3) is 5.78 Å². The Bertz CT molecular complexity index is 270. The van der Waals surface area contributed by atoms with E-state index in [9.17, 15) is 14.4 Å². The number of ketones is 1. The average molecular weight is 230 g/mol. The predicted octanol–water partition coefficient (Wildman–Crippen LogP) is 0.954. The van der Waals surface area contributed by atoms with Crippen molar-refractivity contribution in [2.45, 2.75) is 27.7 Å². The van der Waals surface area contributed by atoms with Crippen molar-refractivity contribution in [2.75, 3.05) is 13.2 Å². The third-order valence-electron chi connectivity index (χ3n) is 1.97. The van der Waals surface area contributed by atoms with Crippen LogP contribution in [-0.2, 0) is 23.9 Å². The molecule has 0 aromatic rings. The Labute approximate surface area is 95.1 Å². The fourth-order valence-corrected chi connectivity index (χ4v) is 1.24. The van der Waals surface area contributed by atoms with Crippen LogP contribution >= 0.6 is 0 Å². The Morgan fingerprint density at radius 3 is 1.88 bits per heavy atom. The van der Waals surface area contributed by atoms with Crippen LogP contribution in [0.2, 0.25) is 0 Å². The van der Waals surface area contributed by atoms with Gasteiger partial charge < -0.3 is 9.47 Å². The summed E-state index contributed by atoms with van der Waals surface area (Å²) in [6.07, 6.45) is 0. The van der Waals surface area contributed by atoms with Crippen molar-refractivity contribution in [3.63, 3.8) is 0 Å². The summed E-state index contributed by atoms with van der Waals surface area (Å²) in [7, 11) is 0. The van der Waals surface area contributed by atoms with Gasteiger partial charge in [-0.2, -0.15) is 0 Å². The molecule has 0 N–H and O–H groups in total. The maximum absolute atomic E-state index is 11.6. The number of rotatable bonds is 6. The van der Waals surface area contributed by atoms with Crippen molar-refractivity contribution in [3.8, 4) is 0 Å². The molecular formula is C11H18O5. The highest BCUT2D eigenvalue weighted by molar-refractivity contribution is 6.38. The molecule has 0 amide bonds. The molecule has 0 aromatic carbocycles. The summed E-state index contributed by atoms with van der Waals surface area (Å²) >= 11 is 0. The molecule has 0 saturated heterocycles. The standard InChI is InChI=1S/C11H18O5/c1-5-15-10(13)8(7(3)4)9(12)11(14)16-6-2/h7-8H,5-6H2,1-4H3/t8-/m1/s1. The van der Waals surface area contributed by atoms with Crippen molar-refractivity contribution in [1.29, 1.82) is 0 Å². The molecule has 0 bridgehead atoms. The van der Waals surface area contributed by atoms with E-state index in [0.29, 0.717) is 0 Å². The summed E-state index contributed by atoms with van der Waals surface area (Å²) < 4.78 is 9.31. The Morgan fingerprint density at radius 2 is 1.50 bits per heavy atom. The van der Waals surface area contributed by atoms with Gasteiger partial charge >= 0.3 is 11.9 Å². The molecule has 0 aromatic heterocycles. The maximum atomic E-state index is 11.6. The monoisotopic (exact) mass is 230 g/mol. The number of hydrogen-bond acceptors (Lipinski definition) is 5. The van der Waals surface area contributed by atoms with E-state index in [0.717, 1.165) is 0 Å². The van der Waals surface area contributed by atoms with Crippen molar-refractivity contribution >= 4 is 17.7 Å². The molecule has 5 heteroatoms. The van der Waals surface area contributed by atoms with Crippen molar-refractivity contribution in [2.24, 2.45) is 11.8 Å². The lowest BCUT2D eigenvalue weighted by atomic mass is 9.91. The first-order chi connectivity index (χ1) is 7.45. The lowest BCUT2D eigenvalue weighted by molar-refractivity contribution is -0.163. The van der Waals surface area contributed by atoms with E-state index in [2.05, 4.69) is 4.74 Å². The van der Waals surface area contributed by atoms with Crippen LogP contribution in [-0.4, -0.2) is 30.9 Å². The van der Waals surface area contributed by atoms with Crippen LogP contribution < -0.4 is 0 Å². The molecule has 0 fully saturated rings. The van der Waals surface area contributed by atoms with Gasteiger partial charge in [-0.15, -0.1) is 0 Å². The normalized spacial score (nSPS) is 12.1. The quantitative estimate of drug-likeness (QED) is 0.386. The smallest absolute Gasteiger partial charge is 0.375 e. The Hall–Kier alpha value is -1.39. The molecule has 0 aliphatic heterocycles. The van der Waals surface area contributed by atoms with Crippen LogP contribution in [0.4, 0.5) is 0 Å². The second-order valence-corrected chi connectivity index (χ2v) is 3.56. The van der Waals surface area contributed by atoms with Crippen LogP contribution in [0.5, 0.6) is 0 Å². The van der Waals surface area contributed by atoms with Gasteiger partial charge in [0.2, 0.25) is 0 Å². The summed E-state index contributed by atoms with van der Waals surface area (Å²) in [5.41, 5.74) is 0. The molecule has 0 saturated carbocycles. The number of carbonyl (C=O) groups excluding carboxylic acids is 3. The van der Waals surface area contributed by atoms with E-state index < -0.39 is 23.6 Å². The molecule has 16 heavy (non-hydrogen) atoms. The predicted molar refractivity (Wildman–Crippen MR) is 56.6 cm³/mol. The largest absolute Gasteiger partial charge is 0.465 e. The minimum atomic E-state index is -1.07. The lowest BCUT2D eigenvalue weighted by Crippen LogP contribution is -2.36. The SMILES string of the molecule is CCOC(=O)C(=O)[C@H](C(=O)OCC)C(C)C. The molecule has 5 nitrogen and oxygen atoms in total. The molecule has 0 aliphatic carbocycles. The average Bonchev–Trinajstić information content (AvgIpc) is 2.17. The number of Topliss-reactive ketones (excluding diaryl/α,β-unsaturated/α-hetero) is 1. The molecule has 0 aliphatic rings. The van der Waals surface area contributed by atoms with E-state index in [-0.39, 0.29) is 19.1 Å². The van der Waals surface area contributed by atoms with Crippen LogP contribution in [0.1, 0.15) is 27.7 Å². The van der Waals surface area contributed by atoms with Gasteiger partial charge in [0.15, 0.2) is 0 Å². The fraction of sp³-hybridized carbons (Fsp3) is 0.727. The zero-order chi connectivity index (χ0) is 12.7. The highest BCUT2D eigenvalue weighted by atomic mass is 16.5. The Kier molecular flexibility index (Phi) is 6.37. The lowest BCUT2D eigenvalue weighted by Gasteiger charge is -2.16. The first-order valence-corrected chi connectivity index (χ1v) is 5.33. The maximum Gasteiger partial charge on any atom is 0.375 e. The van der Waals surface area contributed by atoms with Crippen LogP contribution in [0.25, 0.3) is 0 Å². The van der Waals surface area contributed by atoms with E-state index >= 15 is 0 Å². The van der Waals surface area contributed by atoms with Gasteiger partial charge in [-0.1, -0.05) is 13.8 Å². The Morgan fingerprint density at radius 1 is 1.00 bits per heavy atom. The van der Waals surface area contributed by atoms with Crippen molar-refractivity contribution in [1.82, 2.24) is 0 Å². The fourth-order valence-electron chi connectivity index (χ4n) is 1.24. The Balaban J connectivity index is 4.72. The van der Waals surface area contributed by atoms with E-state index in [1.54, 1.807) is 27.7 Å². The molecular weight excluding hydrogens is 212 g/mol. The van der Waals surface area contributed by atoms with E-state index in [4.69, 9.17) is 4.74 Å². The van der Waals surface area contributed by atoms with Gasteiger partial charge in [-0.25, -0.2) is 4.79 Å². The first-order valence-electron chi connectivity index (χ1n) is 5.33. The number of ether oxygens (including phenoxy) is 2. The van der Waals surface area contributed by atoms with Crippen molar-refractivity contribution < 1.29 is 23.9 Å². The third kappa shape index (κ3) is 4.00. The van der Waals surface area contributed by atoms with Gasteiger partial charge in [0.1, 0.15) is 5.92 Å². The molecule has 0 radical (unpaired) electrons. The van der Waals surface area contributed by atoms with Gasteiger partial charge in [-0.3, -0.25) is 9.59 Å². The molecule has 0 spiro atoms. The molecule has 92 valence electrons. The van der Waals surface area contributed by atoms with Crippen LogP contribution in [0.15, 0.2) is 0 Å². The van der Waals surface area contributed by atoms with E-state index in [1.165, 1.54) is 0 Å². The second-order valence-electron chi connectivity index (χ2n) is 3.56. The zero-order valence-electron chi connectivity index (χ0n) is 10.1. The molecule has 1 atom stereocenters. The molecule has 0 heterocycles. The minimum Gasteiger partial charge on any atom is -0.465 e.